The number of carbonyl (C=O) groups is 1. The number of nitrogens with zero attached hydrogens (tertiary/aromatic N) is 5. The number of halogens is 2. The number of nitrogens with one attached hydrogen (secondary N) is 2. The number of likely N-dealkylation sites (N-methyl/N-ethyl adjacent to an activating group) is 1. The maximum Gasteiger partial charge on any atom is 0.236 e. The van der Waals surface area contributed by atoms with E-state index in [0.29, 0.717) is 44.0 Å². The molecular weight excluding hydrogens is 504 g/mol. The average molecular weight is 538 g/mol. The first kappa shape index (κ1) is 26.6. The average Bonchev–Trinajstić information content (AvgIpc) is 2.94. The smallest absolute Gasteiger partial charge is 0.236 e. The molecule has 1 saturated heterocycles. The van der Waals surface area contributed by atoms with Gasteiger partial charge >= 0.3 is 0 Å². The van der Waals surface area contributed by atoms with E-state index in [9.17, 15) is 13.6 Å². The molecule has 11 heteroatoms. The zero-order valence-corrected chi connectivity index (χ0v) is 22.4. The highest BCUT2D eigenvalue weighted by molar-refractivity contribution is 5.78. The van der Waals surface area contributed by atoms with E-state index in [0.717, 1.165) is 30.7 Å². The van der Waals surface area contributed by atoms with Crippen molar-refractivity contribution >= 4 is 28.9 Å². The number of piperazine rings is 1. The second-order valence-electron chi connectivity index (χ2n) is 9.90. The van der Waals surface area contributed by atoms with Gasteiger partial charge in [0.25, 0.3) is 0 Å². The van der Waals surface area contributed by atoms with Crippen LogP contribution in [0.5, 0.6) is 5.75 Å². The summed E-state index contributed by atoms with van der Waals surface area (Å²) >= 11 is 0. The summed E-state index contributed by atoms with van der Waals surface area (Å²) in [6.45, 7) is 8.25. The Labute approximate surface area is 226 Å². The van der Waals surface area contributed by atoms with Crippen LogP contribution in [0.2, 0.25) is 0 Å². The number of amides is 1. The van der Waals surface area contributed by atoms with Gasteiger partial charge in [0, 0.05) is 49.2 Å². The van der Waals surface area contributed by atoms with Crippen LogP contribution in [-0.2, 0) is 4.79 Å². The molecule has 0 bridgehead atoms. The number of hydrogen-bond donors (Lipinski definition) is 2. The molecule has 0 spiro atoms. The van der Waals surface area contributed by atoms with Crippen molar-refractivity contribution in [3.8, 4) is 17.0 Å². The Morgan fingerprint density at radius 2 is 1.79 bits per heavy atom. The molecule has 1 aromatic heterocycles. The lowest BCUT2D eigenvalue weighted by Gasteiger charge is -2.36. The first-order valence-electron chi connectivity index (χ1n) is 13.1. The van der Waals surface area contributed by atoms with Crippen LogP contribution in [0, 0.1) is 11.6 Å². The quantitative estimate of drug-likeness (QED) is 0.473. The fourth-order valence-electron chi connectivity index (χ4n) is 4.97. The Morgan fingerprint density at radius 1 is 1.05 bits per heavy atom. The largest absolute Gasteiger partial charge is 0.486 e. The van der Waals surface area contributed by atoms with Gasteiger partial charge in [0.05, 0.1) is 25.0 Å². The molecule has 2 N–H and O–H groups in total. The monoisotopic (exact) mass is 537 g/mol. The van der Waals surface area contributed by atoms with Gasteiger partial charge in [-0.25, -0.2) is 18.7 Å². The third-order valence-corrected chi connectivity index (χ3v) is 7.00. The van der Waals surface area contributed by atoms with E-state index in [-0.39, 0.29) is 29.3 Å². The molecule has 3 aromatic rings. The van der Waals surface area contributed by atoms with E-state index in [2.05, 4.69) is 25.5 Å². The van der Waals surface area contributed by atoms with Crippen molar-refractivity contribution in [1.29, 1.82) is 0 Å². The van der Waals surface area contributed by atoms with Crippen LogP contribution in [0.3, 0.4) is 0 Å². The van der Waals surface area contributed by atoms with E-state index in [1.54, 1.807) is 13.1 Å². The number of anilines is 4. The standard InChI is InChI=1S/C28H33F2N7O2/c1-18(2)37-12-13-39-27-22(29)14-19(15-24(27)37)26-23(30)16-32-28(34-26)33-20-4-6-21(7-5-20)35-8-10-36(11-9-35)25(38)17-31-3/h4-7,14-16,18,31H,8-13,17H2,1-3H3,(H,32,33,34). The van der Waals surface area contributed by atoms with Crippen LogP contribution >= 0.6 is 0 Å². The van der Waals surface area contributed by atoms with Gasteiger partial charge in [-0.2, -0.15) is 0 Å². The minimum atomic E-state index is -0.643. The molecule has 2 aromatic carbocycles. The zero-order chi connectivity index (χ0) is 27.5. The summed E-state index contributed by atoms with van der Waals surface area (Å²) in [4.78, 5) is 26.7. The van der Waals surface area contributed by atoms with E-state index in [4.69, 9.17) is 4.74 Å². The van der Waals surface area contributed by atoms with E-state index >= 15 is 0 Å². The van der Waals surface area contributed by atoms with Crippen LogP contribution < -0.4 is 25.2 Å². The number of ether oxygens (including phenoxy) is 1. The van der Waals surface area contributed by atoms with Crippen molar-refractivity contribution in [2.75, 3.05) is 68.0 Å². The van der Waals surface area contributed by atoms with Gasteiger partial charge in [-0.15, -0.1) is 0 Å². The molecule has 206 valence electrons. The minimum Gasteiger partial charge on any atom is -0.486 e. The summed E-state index contributed by atoms with van der Waals surface area (Å²) in [5.74, 6) is -0.707. The summed E-state index contributed by atoms with van der Waals surface area (Å²) in [7, 11) is 1.77. The molecule has 2 aliphatic heterocycles. The summed E-state index contributed by atoms with van der Waals surface area (Å²) in [5, 5.41) is 6.02. The highest BCUT2D eigenvalue weighted by atomic mass is 19.1. The van der Waals surface area contributed by atoms with E-state index < -0.39 is 11.6 Å². The lowest BCUT2D eigenvalue weighted by atomic mass is 10.1. The fourth-order valence-corrected chi connectivity index (χ4v) is 4.97. The Balaban J connectivity index is 1.31. The molecule has 0 unspecified atom stereocenters. The van der Waals surface area contributed by atoms with Crippen molar-refractivity contribution < 1.29 is 18.3 Å². The first-order valence-corrected chi connectivity index (χ1v) is 13.1. The Kier molecular flexibility index (Phi) is 7.78. The third kappa shape index (κ3) is 5.73. The van der Waals surface area contributed by atoms with Crippen LogP contribution in [0.15, 0.2) is 42.6 Å². The molecule has 0 radical (unpaired) electrons. The predicted molar refractivity (Wildman–Crippen MR) is 148 cm³/mol. The lowest BCUT2D eigenvalue weighted by molar-refractivity contribution is -0.130. The first-order chi connectivity index (χ1) is 18.8. The molecule has 39 heavy (non-hydrogen) atoms. The maximum absolute atomic E-state index is 15.0. The van der Waals surface area contributed by atoms with Crippen LogP contribution in [0.4, 0.5) is 31.8 Å². The second kappa shape index (κ2) is 11.4. The van der Waals surface area contributed by atoms with Crippen LogP contribution in [0.1, 0.15) is 13.8 Å². The van der Waals surface area contributed by atoms with Gasteiger partial charge in [0.2, 0.25) is 11.9 Å². The molecule has 1 amide bonds. The van der Waals surface area contributed by atoms with Gasteiger partial charge in [-0.3, -0.25) is 4.79 Å². The number of carbonyl (C=O) groups excluding carboxylic acids is 1. The van der Waals surface area contributed by atoms with Gasteiger partial charge in [-0.05, 0) is 57.3 Å². The van der Waals surface area contributed by atoms with Gasteiger partial charge in [0.1, 0.15) is 12.3 Å². The number of aromatic nitrogens is 2. The van der Waals surface area contributed by atoms with Crippen molar-refractivity contribution in [3.63, 3.8) is 0 Å². The predicted octanol–water partition coefficient (Wildman–Crippen LogP) is 3.64. The molecule has 0 aliphatic carbocycles. The summed E-state index contributed by atoms with van der Waals surface area (Å²) < 4.78 is 35.4. The van der Waals surface area contributed by atoms with Crippen molar-refractivity contribution in [2.24, 2.45) is 0 Å². The molecule has 1 fully saturated rings. The number of hydrogen-bond acceptors (Lipinski definition) is 8. The molecule has 3 heterocycles. The highest BCUT2D eigenvalue weighted by Gasteiger charge is 2.26. The SMILES string of the molecule is CNCC(=O)N1CCN(c2ccc(Nc3ncc(F)c(-c4cc(F)c5c(c4)N(C(C)C)CCO5)n3)cc2)CC1. The lowest BCUT2D eigenvalue weighted by Crippen LogP contribution is -2.50. The van der Waals surface area contributed by atoms with Crippen molar-refractivity contribution in [3.05, 3.63) is 54.2 Å². The Bertz CT molecular complexity index is 1330. The highest BCUT2D eigenvalue weighted by Crippen LogP contribution is 2.39. The second-order valence-corrected chi connectivity index (χ2v) is 9.90. The normalized spacial score (nSPS) is 15.3. The fraction of sp³-hybridized carbons (Fsp3) is 0.393. The molecule has 0 saturated carbocycles. The maximum atomic E-state index is 15.0. The summed E-state index contributed by atoms with van der Waals surface area (Å²) in [6.07, 6.45) is 1.09. The molecule has 2 aliphatic rings. The number of benzene rings is 2. The number of fused-ring (bicyclic) bond motifs is 1. The van der Waals surface area contributed by atoms with E-state index in [1.165, 1.54) is 6.07 Å². The summed E-state index contributed by atoms with van der Waals surface area (Å²) in [6, 6.07) is 10.9. The molecule has 0 atom stereocenters. The Hall–Kier alpha value is -3.99. The molecule has 5 rings (SSSR count). The minimum absolute atomic E-state index is 0.00536. The molecule has 9 nitrogen and oxygen atoms in total. The van der Waals surface area contributed by atoms with Crippen LogP contribution in [0.25, 0.3) is 11.3 Å². The van der Waals surface area contributed by atoms with E-state index in [1.807, 2.05) is 47.9 Å². The van der Waals surface area contributed by atoms with Crippen LogP contribution in [-0.4, -0.2) is 79.7 Å². The zero-order valence-electron chi connectivity index (χ0n) is 22.4. The van der Waals surface area contributed by atoms with Gasteiger partial charge < -0.3 is 30.1 Å². The summed E-state index contributed by atoms with van der Waals surface area (Å²) in [5.41, 5.74) is 2.68. The van der Waals surface area contributed by atoms with Crippen molar-refractivity contribution in [2.45, 2.75) is 19.9 Å². The molecular formula is C28H33F2N7O2. The van der Waals surface area contributed by atoms with Gasteiger partial charge in [-0.1, -0.05) is 0 Å². The van der Waals surface area contributed by atoms with Crippen molar-refractivity contribution in [1.82, 2.24) is 20.2 Å². The number of rotatable bonds is 7. The topological polar surface area (TPSA) is 85.9 Å². The van der Waals surface area contributed by atoms with Gasteiger partial charge in [0.15, 0.2) is 17.4 Å². The third-order valence-electron chi connectivity index (χ3n) is 7.00. The Morgan fingerprint density at radius 3 is 2.49 bits per heavy atom.